The third-order valence-corrected chi connectivity index (χ3v) is 7.07. The molecule has 0 atom stereocenters. The van der Waals surface area contributed by atoms with Crippen LogP contribution in [0.2, 0.25) is 5.02 Å². The van der Waals surface area contributed by atoms with E-state index in [2.05, 4.69) is 16.1 Å². The van der Waals surface area contributed by atoms with Crippen molar-refractivity contribution in [3.05, 3.63) is 53.3 Å². The fraction of sp³-hybridized carbons (Fsp3) is 0.417. The highest BCUT2D eigenvalue weighted by Gasteiger charge is 2.21. The monoisotopic (exact) mass is 473 g/mol. The van der Waals surface area contributed by atoms with Crippen LogP contribution >= 0.6 is 23.5 Å². The molecule has 0 unspecified atom stereocenters. The Labute approximate surface area is 198 Å². The van der Waals surface area contributed by atoms with Crippen molar-refractivity contribution >= 4 is 46.2 Å². The molecule has 0 amide bonds. The van der Waals surface area contributed by atoms with Gasteiger partial charge in [0.05, 0.1) is 10.5 Å². The summed E-state index contributed by atoms with van der Waals surface area (Å²) in [4.78, 5) is 12.4. The number of halogens is 2. The summed E-state index contributed by atoms with van der Waals surface area (Å²) in [6.07, 6.45) is 4.79. The van der Waals surface area contributed by atoms with Gasteiger partial charge in [0, 0.05) is 37.5 Å². The Balaban J connectivity index is 1.23. The van der Waals surface area contributed by atoms with Crippen LogP contribution in [0.1, 0.15) is 25.7 Å². The highest BCUT2D eigenvalue weighted by atomic mass is 35.5. The van der Waals surface area contributed by atoms with Crippen molar-refractivity contribution in [1.29, 1.82) is 0 Å². The molecule has 32 heavy (non-hydrogen) atoms. The van der Waals surface area contributed by atoms with Crippen LogP contribution in [0.25, 0.3) is 10.9 Å². The third kappa shape index (κ3) is 5.82. The Morgan fingerprint density at radius 2 is 1.75 bits per heavy atom. The Morgan fingerprint density at radius 3 is 2.47 bits per heavy atom. The smallest absolute Gasteiger partial charge is 0.225 e. The minimum atomic E-state index is -0.380. The second kappa shape index (κ2) is 10.7. The topological polar surface area (TPSA) is 53.1 Å². The summed E-state index contributed by atoms with van der Waals surface area (Å²) >= 11 is 7.37. The normalized spacial score (nSPS) is 18.6. The standard InChI is InChI=1S/C24H29ClFN5S/c1-31(2)23-19-5-3-4-6-22(19)29-24(30-23)27-14-16-7-9-17(10-8-16)15-28-32-18-11-12-21(26)20(25)13-18/h3-6,11-13,16-17,28H,7-10,14-15H2,1-2H3,(H,27,29,30). The molecule has 1 fully saturated rings. The molecule has 2 aromatic carbocycles. The minimum absolute atomic E-state index is 0.165. The van der Waals surface area contributed by atoms with E-state index < -0.39 is 0 Å². The molecule has 1 aromatic heterocycles. The van der Waals surface area contributed by atoms with E-state index >= 15 is 0 Å². The van der Waals surface area contributed by atoms with E-state index in [1.54, 1.807) is 12.1 Å². The largest absolute Gasteiger partial charge is 0.362 e. The van der Waals surface area contributed by atoms with Gasteiger partial charge in [-0.3, -0.25) is 4.72 Å². The molecule has 1 aliphatic rings. The third-order valence-electron chi connectivity index (χ3n) is 5.97. The lowest BCUT2D eigenvalue weighted by molar-refractivity contribution is 0.285. The van der Waals surface area contributed by atoms with Crippen molar-refractivity contribution in [3.63, 3.8) is 0 Å². The van der Waals surface area contributed by atoms with Gasteiger partial charge in [-0.2, -0.15) is 4.98 Å². The zero-order chi connectivity index (χ0) is 22.5. The fourth-order valence-corrected chi connectivity index (χ4v) is 5.18. The molecule has 0 bridgehead atoms. The van der Waals surface area contributed by atoms with E-state index in [1.807, 2.05) is 37.2 Å². The van der Waals surface area contributed by atoms with E-state index in [-0.39, 0.29) is 10.8 Å². The average Bonchev–Trinajstić information content (AvgIpc) is 2.80. The van der Waals surface area contributed by atoms with Gasteiger partial charge in [0.25, 0.3) is 0 Å². The predicted molar refractivity (Wildman–Crippen MR) is 133 cm³/mol. The highest BCUT2D eigenvalue weighted by Crippen LogP contribution is 2.30. The summed E-state index contributed by atoms with van der Waals surface area (Å²) in [5.41, 5.74) is 0.962. The van der Waals surface area contributed by atoms with Gasteiger partial charge in [-0.25, -0.2) is 9.37 Å². The van der Waals surface area contributed by atoms with Crippen LogP contribution < -0.4 is 14.9 Å². The predicted octanol–water partition coefficient (Wildman–Crippen LogP) is 6.00. The molecule has 2 N–H and O–H groups in total. The van der Waals surface area contributed by atoms with Gasteiger partial charge in [-0.1, -0.05) is 23.7 Å². The number of nitrogens with zero attached hydrogens (tertiary/aromatic N) is 3. The Kier molecular flexibility index (Phi) is 7.71. The van der Waals surface area contributed by atoms with Gasteiger partial charge >= 0.3 is 0 Å². The number of hydrogen-bond acceptors (Lipinski definition) is 6. The van der Waals surface area contributed by atoms with Crippen LogP contribution in [0.3, 0.4) is 0 Å². The Bertz CT molecular complexity index is 1060. The lowest BCUT2D eigenvalue weighted by Crippen LogP contribution is -2.26. The second-order valence-electron chi connectivity index (χ2n) is 8.58. The Morgan fingerprint density at radius 1 is 1.03 bits per heavy atom. The summed E-state index contributed by atoms with van der Waals surface area (Å²) in [6, 6.07) is 12.9. The van der Waals surface area contributed by atoms with Crippen molar-refractivity contribution in [1.82, 2.24) is 14.7 Å². The molecule has 8 heteroatoms. The molecule has 0 spiro atoms. The van der Waals surface area contributed by atoms with Crippen molar-refractivity contribution in [2.24, 2.45) is 11.8 Å². The van der Waals surface area contributed by atoms with Crippen molar-refractivity contribution in [2.75, 3.05) is 37.4 Å². The minimum Gasteiger partial charge on any atom is -0.362 e. The molecule has 5 nitrogen and oxygen atoms in total. The number of benzene rings is 2. The summed E-state index contributed by atoms with van der Waals surface area (Å²) in [7, 11) is 4.02. The van der Waals surface area contributed by atoms with Gasteiger partial charge in [0.15, 0.2) is 0 Å². The van der Waals surface area contributed by atoms with Gasteiger partial charge in [0.2, 0.25) is 5.95 Å². The highest BCUT2D eigenvalue weighted by molar-refractivity contribution is 7.97. The van der Waals surface area contributed by atoms with E-state index in [1.165, 1.54) is 43.7 Å². The van der Waals surface area contributed by atoms with E-state index in [9.17, 15) is 4.39 Å². The van der Waals surface area contributed by atoms with Crippen LogP contribution in [0.5, 0.6) is 0 Å². The van der Waals surface area contributed by atoms with Crippen LogP contribution in [0.4, 0.5) is 16.2 Å². The van der Waals surface area contributed by atoms with Crippen molar-refractivity contribution < 1.29 is 4.39 Å². The summed E-state index contributed by atoms with van der Waals surface area (Å²) < 4.78 is 16.7. The lowest BCUT2D eigenvalue weighted by atomic mass is 9.82. The van der Waals surface area contributed by atoms with Gasteiger partial charge in [0.1, 0.15) is 11.6 Å². The van der Waals surface area contributed by atoms with Crippen LogP contribution in [-0.4, -0.2) is 37.2 Å². The molecule has 0 saturated heterocycles. The number of hydrogen-bond donors (Lipinski definition) is 2. The van der Waals surface area contributed by atoms with E-state index in [0.29, 0.717) is 17.8 Å². The maximum atomic E-state index is 13.3. The first-order valence-electron chi connectivity index (χ1n) is 11.0. The molecule has 3 aromatic rings. The molecular weight excluding hydrogens is 445 g/mol. The second-order valence-corrected chi connectivity index (χ2v) is 9.95. The molecule has 0 radical (unpaired) electrons. The van der Waals surface area contributed by atoms with Gasteiger partial charge in [-0.15, -0.1) is 0 Å². The van der Waals surface area contributed by atoms with E-state index in [0.717, 1.165) is 34.7 Å². The Hall–Kier alpha value is -2.09. The summed E-state index contributed by atoms with van der Waals surface area (Å²) in [5.74, 6) is 2.55. The number of aromatic nitrogens is 2. The molecule has 1 heterocycles. The van der Waals surface area contributed by atoms with E-state index in [4.69, 9.17) is 21.6 Å². The number of rotatable bonds is 8. The maximum Gasteiger partial charge on any atom is 0.225 e. The number of anilines is 2. The molecule has 1 saturated carbocycles. The zero-order valence-corrected chi connectivity index (χ0v) is 20.0. The molecule has 0 aliphatic heterocycles. The first kappa shape index (κ1) is 23.1. The van der Waals surface area contributed by atoms with Crippen LogP contribution in [-0.2, 0) is 0 Å². The quantitative estimate of drug-likeness (QED) is 0.391. The average molecular weight is 474 g/mol. The SMILES string of the molecule is CN(C)c1nc(NCC2CCC(CNSc3ccc(F)c(Cl)c3)CC2)nc2ccccc12. The van der Waals surface area contributed by atoms with Crippen molar-refractivity contribution in [2.45, 2.75) is 30.6 Å². The molecule has 4 rings (SSSR count). The van der Waals surface area contributed by atoms with Gasteiger partial charge in [-0.05, 0) is 79.8 Å². The summed E-state index contributed by atoms with van der Waals surface area (Å²) in [5, 5.41) is 4.71. The molecule has 170 valence electrons. The van der Waals surface area contributed by atoms with Crippen LogP contribution in [0, 0.1) is 17.7 Å². The first-order chi connectivity index (χ1) is 15.5. The maximum absolute atomic E-state index is 13.3. The fourth-order valence-electron chi connectivity index (χ4n) is 4.14. The first-order valence-corrected chi connectivity index (χ1v) is 12.2. The number of para-hydroxylation sites is 1. The lowest BCUT2D eigenvalue weighted by Gasteiger charge is -2.28. The molecule has 1 aliphatic carbocycles. The molecular formula is C24H29ClFN5S. The van der Waals surface area contributed by atoms with Crippen LogP contribution in [0.15, 0.2) is 47.4 Å². The zero-order valence-electron chi connectivity index (χ0n) is 18.4. The number of nitrogens with one attached hydrogen (secondary N) is 2. The number of fused-ring (bicyclic) bond motifs is 1. The van der Waals surface area contributed by atoms with Crippen molar-refractivity contribution in [3.8, 4) is 0 Å². The van der Waals surface area contributed by atoms with Gasteiger partial charge < -0.3 is 10.2 Å². The summed E-state index contributed by atoms with van der Waals surface area (Å²) in [6.45, 7) is 1.84.